The number of carbonyl (C=O) groups excluding carboxylic acids is 1. The summed E-state index contributed by atoms with van der Waals surface area (Å²) in [7, 11) is 0. The van der Waals surface area contributed by atoms with Crippen molar-refractivity contribution in [3.8, 4) is 16.4 Å². The SMILES string of the molecule is Cc1nn(-c2ccc(F)cc2)c(C)c1C(=O)N1CCN(Cc2nc(-c3cccs3)no2)CC1. The Balaban J connectivity index is 1.23. The molecule has 0 spiro atoms. The number of rotatable bonds is 5. The molecule has 1 aliphatic heterocycles. The number of halogens is 1. The summed E-state index contributed by atoms with van der Waals surface area (Å²) in [4.78, 5) is 22.8. The van der Waals surface area contributed by atoms with E-state index in [1.807, 2.05) is 36.3 Å². The van der Waals surface area contributed by atoms with Gasteiger partial charge in [-0.25, -0.2) is 9.07 Å². The predicted molar refractivity (Wildman–Crippen MR) is 122 cm³/mol. The Morgan fingerprint density at radius 2 is 1.88 bits per heavy atom. The van der Waals surface area contributed by atoms with Crippen molar-refractivity contribution in [3.05, 3.63) is 70.4 Å². The zero-order valence-electron chi connectivity index (χ0n) is 18.4. The van der Waals surface area contributed by atoms with E-state index in [4.69, 9.17) is 4.52 Å². The zero-order chi connectivity index (χ0) is 22.9. The number of benzene rings is 1. The number of aromatic nitrogens is 4. The highest BCUT2D eigenvalue weighted by atomic mass is 32.1. The molecule has 0 N–H and O–H groups in total. The number of hydrogen-bond donors (Lipinski definition) is 0. The molecule has 4 heterocycles. The third kappa shape index (κ3) is 4.31. The molecule has 8 nitrogen and oxygen atoms in total. The highest BCUT2D eigenvalue weighted by Gasteiger charge is 2.28. The molecule has 0 saturated carbocycles. The molecule has 3 aromatic heterocycles. The van der Waals surface area contributed by atoms with Gasteiger partial charge >= 0.3 is 0 Å². The Labute approximate surface area is 194 Å². The highest BCUT2D eigenvalue weighted by Crippen LogP contribution is 2.23. The molecule has 1 saturated heterocycles. The molecule has 33 heavy (non-hydrogen) atoms. The van der Waals surface area contributed by atoms with Gasteiger partial charge in [-0.1, -0.05) is 11.2 Å². The van der Waals surface area contributed by atoms with Crippen molar-refractivity contribution in [2.75, 3.05) is 26.2 Å². The molecule has 0 radical (unpaired) electrons. The fourth-order valence-corrected chi connectivity index (χ4v) is 4.72. The van der Waals surface area contributed by atoms with E-state index in [0.717, 1.165) is 16.3 Å². The fraction of sp³-hybridized carbons (Fsp3) is 0.304. The Morgan fingerprint density at radius 3 is 2.58 bits per heavy atom. The largest absolute Gasteiger partial charge is 0.338 e. The Kier molecular flexibility index (Phi) is 5.77. The summed E-state index contributed by atoms with van der Waals surface area (Å²) in [5.41, 5.74) is 2.74. The summed E-state index contributed by atoms with van der Waals surface area (Å²) in [6, 6.07) is 10.0. The summed E-state index contributed by atoms with van der Waals surface area (Å²) >= 11 is 1.57. The number of aryl methyl sites for hydroxylation is 1. The van der Waals surface area contributed by atoms with Gasteiger partial charge in [0.2, 0.25) is 11.7 Å². The van der Waals surface area contributed by atoms with Gasteiger partial charge < -0.3 is 9.42 Å². The molecule has 1 fully saturated rings. The summed E-state index contributed by atoms with van der Waals surface area (Å²) < 4.78 is 20.4. The molecular formula is C23H23FN6O2S. The number of thiophene rings is 1. The lowest BCUT2D eigenvalue weighted by atomic mass is 10.1. The van der Waals surface area contributed by atoms with E-state index in [1.165, 1.54) is 12.1 Å². The van der Waals surface area contributed by atoms with E-state index in [9.17, 15) is 9.18 Å². The molecular weight excluding hydrogens is 443 g/mol. The van der Waals surface area contributed by atoms with Crippen molar-refractivity contribution in [1.82, 2.24) is 29.7 Å². The van der Waals surface area contributed by atoms with Crippen LogP contribution in [0.2, 0.25) is 0 Å². The lowest BCUT2D eigenvalue weighted by Crippen LogP contribution is -2.48. The van der Waals surface area contributed by atoms with Gasteiger partial charge in [0, 0.05) is 26.2 Å². The van der Waals surface area contributed by atoms with Crippen LogP contribution >= 0.6 is 11.3 Å². The molecule has 1 amide bonds. The minimum absolute atomic E-state index is 0.0317. The standard InChI is InChI=1S/C23H23FN6O2S/c1-15-21(16(2)30(26-15)18-7-5-17(24)6-8-18)23(31)29-11-9-28(10-12-29)14-20-25-22(27-32-20)19-4-3-13-33-19/h3-8,13H,9-12,14H2,1-2H3. The number of carbonyl (C=O) groups is 1. The van der Waals surface area contributed by atoms with E-state index in [-0.39, 0.29) is 11.7 Å². The van der Waals surface area contributed by atoms with Crippen LogP contribution in [-0.4, -0.2) is 61.8 Å². The second-order valence-corrected chi connectivity index (χ2v) is 8.94. The van der Waals surface area contributed by atoms with Crippen molar-refractivity contribution >= 4 is 17.2 Å². The molecule has 1 aromatic carbocycles. The lowest BCUT2D eigenvalue weighted by Gasteiger charge is -2.34. The van der Waals surface area contributed by atoms with E-state index >= 15 is 0 Å². The Morgan fingerprint density at radius 1 is 1.12 bits per heavy atom. The highest BCUT2D eigenvalue weighted by molar-refractivity contribution is 7.13. The smallest absolute Gasteiger partial charge is 0.257 e. The van der Waals surface area contributed by atoms with E-state index < -0.39 is 0 Å². The first kappa shape index (κ1) is 21.5. The quantitative estimate of drug-likeness (QED) is 0.446. The van der Waals surface area contributed by atoms with Crippen LogP contribution in [0.1, 0.15) is 27.6 Å². The van der Waals surface area contributed by atoms with Gasteiger partial charge in [0.1, 0.15) is 5.82 Å². The molecule has 0 atom stereocenters. The maximum Gasteiger partial charge on any atom is 0.257 e. The Bertz CT molecular complexity index is 1260. The van der Waals surface area contributed by atoms with Gasteiger partial charge in [0.05, 0.1) is 34.1 Å². The van der Waals surface area contributed by atoms with Gasteiger partial charge in [0.15, 0.2) is 0 Å². The van der Waals surface area contributed by atoms with Crippen molar-refractivity contribution in [3.63, 3.8) is 0 Å². The normalized spacial score (nSPS) is 14.7. The fourth-order valence-electron chi connectivity index (χ4n) is 4.07. The Hall–Kier alpha value is -3.37. The number of amides is 1. The first-order chi connectivity index (χ1) is 16.0. The van der Waals surface area contributed by atoms with Crippen molar-refractivity contribution in [2.24, 2.45) is 0 Å². The van der Waals surface area contributed by atoms with Gasteiger partial charge in [-0.05, 0) is 49.6 Å². The topological polar surface area (TPSA) is 80.3 Å². The average Bonchev–Trinajstić information content (AvgIpc) is 3.56. The van der Waals surface area contributed by atoms with Crippen LogP contribution in [-0.2, 0) is 6.54 Å². The van der Waals surface area contributed by atoms with Crippen LogP contribution in [0.5, 0.6) is 0 Å². The number of nitrogens with zero attached hydrogens (tertiary/aromatic N) is 6. The summed E-state index contributed by atoms with van der Waals surface area (Å²) in [6.45, 7) is 6.89. The van der Waals surface area contributed by atoms with Crippen LogP contribution in [0.3, 0.4) is 0 Å². The maximum absolute atomic E-state index is 13.3. The zero-order valence-corrected chi connectivity index (χ0v) is 19.2. The third-order valence-corrected chi connectivity index (χ3v) is 6.67. The summed E-state index contributed by atoms with van der Waals surface area (Å²) in [6.07, 6.45) is 0. The number of piperazine rings is 1. The van der Waals surface area contributed by atoms with Crippen LogP contribution in [0.15, 0.2) is 46.3 Å². The second-order valence-electron chi connectivity index (χ2n) is 7.99. The van der Waals surface area contributed by atoms with Crippen molar-refractivity contribution < 1.29 is 13.7 Å². The van der Waals surface area contributed by atoms with Crippen LogP contribution in [0, 0.1) is 19.7 Å². The molecule has 0 bridgehead atoms. The second kappa shape index (κ2) is 8.87. The predicted octanol–water partition coefficient (Wildman–Crippen LogP) is 3.70. The first-order valence-corrected chi connectivity index (χ1v) is 11.6. The van der Waals surface area contributed by atoms with Crippen LogP contribution < -0.4 is 0 Å². The average molecular weight is 467 g/mol. The molecule has 4 aromatic rings. The molecule has 5 rings (SSSR count). The van der Waals surface area contributed by atoms with Crippen LogP contribution in [0.25, 0.3) is 16.4 Å². The van der Waals surface area contributed by atoms with Gasteiger partial charge in [0.25, 0.3) is 5.91 Å². The molecule has 170 valence electrons. The van der Waals surface area contributed by atoms with E-state index in [2.05, 4.69) is 20.1 Å². The van der Waals surface area contributed by atoms with Gasteiger partial charge in [-0.2, -0.15) is 10.1 Å². The lowest BCUT2D eigenvalue weighted by molar-refractivity contribution is 0.0613. The molecule has 0 aliphatic carbocycles. The van der Waals surface area contributed by atoms with Crippen LogP contribution in [0.4, 0.5) is 4.39 Å². The number of hydrogen-bond acceptors (Lipinski definition) is 7. The monoisotopic (exact) mass is 466 g/mol. The maximum atomic E-state index is 13.3. The van der Waals surface area contributed by atoms with E-state index in [0.29, 0.717) is 55.7 Å². The van der Waals surface area contributed by atoms with Gasteiger partial charge in [-0.3, -0.25) is 9.69 Å². The van der Waals surface area contributed by atoms with Crippen molar-refractivity contribution in [1.29, 1.82) is 0 Å². The first-order valence-electron chi connectivity index (χ1n) is 10.7. The minimum atomic E-state index is -0.308. The summed E-state index contributed by atoms with van der Waals surface area (Å²) in [5, 5.41) is 10.6. The minimum Gasteiger partial charge on any atom is -0.338 e. The molecule has 0 unspecified atom stereocenters. The summed E-state index contributed by atoms with van der Waals surface area (Å²) in [5.74, 6) is 0.844. The van der Waals surface area contributed by atoms with E-state index in [1.54, 1.807) is 28.2 Å². The molecule has 1 aliphatic rings. The third-order valence-electron chi connectivity index (χ3n) is 5.80. The van der Waals surface area contributed by atoms with Crippen molar-refractivity contribution in [2.45, 2.75) is 20.4 Å². The van der Waals surface area contributed by atoms with Gasteiger partial charge in [-0.15, -0.1) is 11.3 Å². The molecule has 10 heteroatoms.